The Balaban J connectivity index is 2.11. The highest BCUT2D eigenvalue weighted by Gasteiger charge is 2.05. The van der Waals surface area contributed by atoms with E-state index < -0.39 is 0 Å². The Kier molecular flexibility index (Phi) is 4.30. The van der Waals surface area contributed by atoms with Gasteiger partial charge in [0.05, 0.1) is 28.6 Å². The van der Waals surface area contributed by atoms with E-state index in [2.05, 4.69) is 39.3 Å². The number of hydrogen-bond donors (Lipinski definition) is 1. The smallest absolute Gasteiger partial charge is 0.0648 e. The van der Waals surface area contributed by atoms with Crippen LogP contribution in [-0.4, -0.2) is 9.78 Å². The number of nitrogens with zero attached hydrogens (tertiary/aromatic N) is 2. The zero-order valence-electron chi connectivity index (χ0n) is 10.4. The molecule has 0 saturated heterocycles. The van der Waals surface area contributed by atoms with Crippen molar-refractivity contribution in [3.63, 3.8) is 0 Å². The lowest BCUT2D eigenvalue weighted by atomic mass is 10.3. The summed E-state index contributed by atoms with van der Waals surface area (Å²) < 4.78 is 2.97. The van der Waals surface area contributed by atoms with Crippen LogP contribution in [0.2, 0.25) is 5.02 Å². The Bertz CT molecular complexity index is 551. The standard InChI is InChI=1S/C13H15BrClN3/c1-3-18-11(6-9(2)17-18)8-16-13-5-4-10(14)7-12(13)15/h4-7,16H,3,8H2,1-2H3. The number of rotatable bonds is 4. The average molecular weight is 329 g/mol. The van der Waals surface area contributed by atoms with Crippen molar-refractivity contribution < 1.29 is 0 Å². The molecule has 0 unspecified atom stereocenters. The van der Waals surface area contributed by atoms with Crippen LogP contribution >= 0.6 is 27.5 Å². The molecule has 0 spiro atoms. The van der Waals surface area contributed by atoms with Crippen LogP contribution in [-0.2, 0) is 13.1 Å². The van der Waals surface area contributed by atoms with Crippen LogP contribution in [0.3, 0.4) is 0 Å². The van der Waals surface area contributed by atoms with E-state index in [0.29, 0.717) is 5.02 Å². The molecular formula is C13H15BrClN3. The molecule has 0 saturated carbocycles. The molecule has 1 heterocycles. The Hall–Kier alpha value is -1.000. The number of anilines is 1. The maximum atomic E-state index is 6.16. The molecule has 1 aromatic carbocycles. The molecule has 2 aromatic rings. The van der Waals surface area contributed by atoms with E-state index in [1.54, 1.807) is 0 Å². The molecule has 0 amide bonds. The third-order valence-electron chi connectivity index (χ3n) is 2.68. The number of aromatic nitrogens is 2. The highest BCUT2D eigenvalue weighted by molar-refractivity contribution is 9.10. The summed E-state index contributed by atoms with van der Waals surface area (Å²) in [6.07, 6.45) is 0. The van der Waals surface area contributed by atoms with Crippen LogP contribution in [0.1, 0.15) is 18.3 Å². The summed E-state index contributed by atoms with van der Waals surface area (Å²) in [5, 5.41) is 8.46. The fourth-order valence-electron chi connectivity index (χ4n) is 1.83. The van der Waals surface area contributed by atoms with Crippen molar-refractivity contribution in [1.29, 1.82) is 0 Å². The van der Waals surface area contributed by atoms with Crippen molar-refractivity contribution in [1.82, 2.24) is 9.78 Å². The molecule has 1 aromatic heterocycles. The predicted octanol–water partition coefficient (Wildman–Crippen LogP) is 4.24. The van der Waals surface area contributed by atoms with Crippen LogP contribution in [0.15, 0.2) is 28.7 Å². The second kappa shape index (κ2) is 5.76. The number of hydrogen-bond acceptors (Lipinski definition) is 2. The van der Waals surface area contributed by atoms with Gasteiger partial charge in [-0.25, -0.2) is 0 Å². The summed E-state index contributed by atoms with van der Waals surface area (Å²) in [6, 6.07) is 7.90. The third kappa shape index (κ3) is 3.06. The van der Waals surface area contributed by atoms with Gasteiger partial charge in [-0.05, 0) is 38.1 Å². The number of halogens is 2. The maximum absolute atomic E-state index is 6.16. The topological polar surface area (TPSA) is 29.9 Å². The minimum Gasteiger partial charge on any atom is -0.378 e. The van der Waals surface area contributed by atoms with Gasteiger partial charge in [-0.2, -0.15) is 5.10 Å². The van der Waals surface area contributed by atoms with E-state index in [-0.39, 0.29) is 0 Å². The Labute approximate surface area is 120 Å². The lowest BCUT2D eigenvalue weighted by Gasteiger charge is -2.09. The summed E-state index contributed by atoms with van der Waals surface area (Å²) in [5.74, 6) is 0. The number of benzene rings is 1. The maximum Gasteiger partial charge on any atom is 0.0648 e. The SMILES string of the molecule is CCn1nc(C)cc1CNc1ccc(Br)cc1Cl. The third-order valence-corrected chi connectivity index (χ3v) is 3.48. The van der Waals surface area contributed by atoms with Gasteiger partial charge in [0.1, 0.15) is 0 Å². The van der Waals surface area contributed by atoms with E-state index >= 15 is 0 Å². The molecule has 5 heteroatoms. The summed E-state index contributed by atoms with van der Waals surface area (Å²) in [7, 11) is 0. The zero-order chi connectivity index (χ0) is 13.1. The van der Waals surface area contributed by atoms with Crippen LogP contribution in [0, 0.1) is 6.92 Å². The second-order valence-electron chi connectivity index (χ2n) is 4.07. The molecule has 0 fully saturated rings. The fraction of sp³-hybridized carbons (Fsp3) is 0.308. The largest absolute Gasteiger partial charge is 0.378 e. The number of aryl methyl sites for hydroxylation is 2. The lowest BCUT2D eigenvalue weighted by Crippen LogP contribution is -2.08. The van der Waals surface area contributed by atoms with Crippen LogP contribution in [0.4, 0.5) is 5.69 Å². The molecule has 0 bridgehead atoms. The molecule has 96 valence electrons. The van der Waals surface area contributed by atoms with Gasteiger partial charge in [-0.1, -0.05) is 27.5 Å². The van der Waals surface area contributed by atoms with E-state index in [1.807, 2.05) is 29.8 Å². The molecule has 0 atom stereocenters. The lowest BCUT2D eigenvalue weighted by molar-refractivity contribution is 0.623. The molecular weight excluding hydrogens is 314 g/mol. The first-order chi connectivity index (χ1) is 8.60. The van der Waals surface area contributed by atoms with Gasteiger partial charge < -0.3 is 5.32 Å². The monoisotopic (exact) mass is 327 g/mol. The van der Waals surface area contributed by atoms with Crippen molar-refractivity contribution in [3.05, 3.63) is 45.1 Å². The minimum atomic E-state index is 0.712. The van der Waals surface area contributed by atoms with E-state index in [9.17, 15) is 0 Å². The van der Waals surface area contributed by atoms with E-state index in [4.69, 9.17) is 11.6 Å². The second-order valence-corrected chi connectivity index (χ2v) is 5.39. The Morgan fingerprint density at radius 1 is 1.39 bits per heavy atom. The first-order valence-electron chi connectivity index (χ1n) is 5.82. The molecule has 0 aliphatic heterocycles. The van der Waals surface area contributed by atoms with Gasteiger partial charge in [0.2, 0.25) is 0 Å². The van der Waals surface area contributed by atoms with Gasteiger partial charge in [0.25, 0.3) is 0 Å². The minimum absolute atomic E-state index is 0.712. The van der Waals surface area contributed by atoms with Gasteiger partial charge >= 0.3 is 0 Å². The summed E-state index contributed by atoms with van der Waals surface area (Å²) >= 11 is 9.55. The number of nitrogens with one attached hydrogen (secondary N) is 1. The molecule has 2 rings (SSSR count). The Morgan fingerprint density at radius 2 is 2.17 bits per heavy atom. The van der Waals surface area contributed by atoms with Crippen molar-refractivity contribution in [2.24, 2.45) is 0 Å². The van der Waals surface area contributed by atoms with Crippen LogP contribution in [0.5, 0.6) is 0 Å². The molecule has 0 radical (unpaired) electrons. The first kappa shape index (κ1) is 13.4. The molecule has 1 N–H and O–H groups in total. The molecule has 0 aliphatic carbocycles. The molecule has 18 heavy (non-hydrogen) atoms. The van der Waals surface area contributed by atoms with Gasteiger partial charge in [-0.3, -0.25) is 4.68 Å². The van der Waals surface area contributed by atoms with Crippen molar-refractivity contribution in [2.45, 2.75) is 26.9 Å². The average Bonchev–Trinajstić information content (AvgIpc) is 2.68. The quantitative estimate of drug-likeness (QED) is 0.910. The summed E-state index contributed by atoms with van der Waals surface area (Å²) in [4.78, 5) is 0. The van der Waals surface area contributed by atoms with E-state index in [1.165, 1.54) is 0 Å². The summed E-state index contributed by atoms with van der Waals surface area (Å²) in [6.45, 7) is 5.68. The normalized spacial score (nSPS) is 10.7. The van der Waals surface area contributed by atoms with E-state index in [0.717, 1.165) is 34.6 Å². The van der Waals surface area contributed by atoms with Crippen LogP contribution in [0.25, 0.3) is 0 Å². The summed E-state index contributed by atoms with van der Waals surface area (Å²) in [5.41, 5.74) is 3.13. The predicted molar refractivity (Wildman–Crippen MR) is 79.1 cm³/mol. The fourth-order valence-corrected chi connectivity index (χ4v) is 2.57. The highest BCUT2D eigenvalue weighted by Crippen LogP contribution is 2.26. The highest BCUT2D eigenvalue weighted by atomic mass is 79.9. The van der Waals surface area contributed by atoms with Crippen molar-refractivity contribution in [3.8, 4) is 0 Å². The van der Waals surface area contributed by atoms with Gasteiger partial charge in [-0.15, -0.1) is 0 Å². The van der Waals surface area contributed by atoms with Gasteiger partial charge in [0, 0.05) is 11.0 Å². The molecule has 3 nitrogen and oxygen atoms in total. The van der Waals surface area contributed by atoms with Crippen molar-refractivity contribution >= 4 is 33.2 Å². The Morgan fingerprint density at radius 3 is 2.83 bits per heavy atom. The van der Waals surface area contributed by atoms with Crippen LogP contribution < -0.4 is 5.32 Å². The van der Waals surface area contributed by atoms with Gasteiger partial charge in [0.15, 0.2) is 0 Å². The van der Waals surface area contributed by atoms with Crippen molar-refractivity contribution in [2.75, 3.05) is 5.32 Å². The molecule has 0 aliphatic rings. The first-order valence-corrected chi connectivity index (χ1v) is 6.99. The zero-order valence-corrected chi connectivity index (χ0v) is 12.7.